The number of carbonyl (C=O) groups is 1. The van der Waals surface area contributed by atoms with E-state index in [-0.39, 0.29) is 18.2 Å². The van der Waals surface area contributed by atoms with E-state index >= 15 is 0 Å². The number of carbonyl (C=O) groups excluding carboxylic acids is 1. The predicted molar refractivity (Wildman–Crippen MR) is 61.2 cm³/mol. The van der Waals surface area contributed by atoms with Gasteiger partial charge in [-0.25, -0.2) is 13.6 Å². The summed E-state index contributed by atoms with van der Waals surface area (Å²) in [6.45, 7) is 5.51. The number of ether oxygens (including phenoxy) is 1. The molecule has 6 nitrogen and oxygen atoms in total. The highest BCUT2D eigenvalue weighted by Gasteiger charge is 2.13. The number of primary sulfonamides is 1. The molecule has 7 heteroatoms. The van der Waals surface area contributed by atoms with Crippen molar-refractivity contribution in [3.63, 3.8) is 0 Å². The van der Waals surface area contributed by atoms with Gasteiger partial charge < -0.3 is 10.1 Å². The second-order valence-electron chi connectivity index (χ2n) is 3.25. The third-order valence-corrected chi connectivity index (χ3v) is 2.52. The zero-order valence-electron chi connectivity index (χ0n) is 9.31. The van der Waals surface area contributed by atoms with E-state index in [2.05, 4.69) is 11.9 Å². The molecule has 16 heavy (non-hydrogen) atoms. The average molecular weight is 250 g/mol. The van der Waals surface area contributed by atoms with Crippen LogP contribution >= 0.6 is 0 Å². The van der Waals surface area contributed by atoms with E-state index in [4.69, 9.17) is 9.88 Å². The Labute approximate surface area is 95.9 Å². The van der Waals surface area contributed by atoms with Gasteiger partial charge in [0.15, 0.2) is 0 Å². The van der Waals surface area contributed by atoms with Crippen LogP contribution in [-0.4, -0.2) is 39.3 Å². The molecule has 0 rings (SSSR count). The van der Waals surface area contributed by atoms with Gasteiger partial charge in [-0.05, 0) is 13.3 Å². The molecule has 0 heterocycles. The SMILES string of the molecule is C=CCCOC(C)C(=O)NCCS(N)(=O)=O. The van der Waals surface area contributed by atoms with Crippen LogP contribution in [-0.2, 0) is 19.6 Å². The van der Waals surface area contributed by atoms with Crippen LogP contribution in [0.2, 0.25) is 0 Å². The molecule has 0 aliphatic carbocycles. The van der Waals surface area contributed by atoms with Gasteiger partial charge >= 0.3 is 0 Å². The van der Waals surface area contributed by atoms with Crippen LogP contribution in [0.3, 0.4) is 0 Å². The van der Waals surface area contributed by atoms with Gasteiger partial charge in [0.05, 0.1) is 12.4 Å². The Morgan fingerprint density at radius 1 is 1.62 bits per heavy atom. The molecule has 0 aliphatic rings. The van der Waals surface area contributed by atoms with Gasteiger partial charge in [-0.3, -0.25) is 4.79 Å². The maximum absolute atomic E-state index is 11.3. The Hall–Kier alpha value is -0.920. The molecule has 1 atom stereocenters. The van der Waals surface area contributed by atoms with E-state index in [1.807, 2.05) is 0 Å². The Bertz CT molecular complexity index is 326. The maximum atomic E-state index is 11.3. The van der Waals surface area contributed by atoms with Crippen molar-refractivity contribution in [1.82, 2.24) is 5.32 Å². The first kappa shape index (κ1) is 15.1. The molecule has 0 aromatic heterocycles. The second-order valence-corrected chi connectivity index (χ2v) is 4.98. The zero-order valence-corrected chi connectivity index (χ0v) is 10.1. The smallest absolute Gasteiger partial charge is 0.248 e. The lowest BCUT2D eigenvalue weighted by molar-refractivity contribution is -0.131. The molecule has 0 bridgehead atoms. The third kappa shape index (κ3) is 8.39. The fraction of sp³-hybridized carbons (Fsp3) is 0.667. The molecule has 0 aliphatic heterocycles. The summed E-state index contributed by atoms with van der Waals surface area (Å²) in [6.07, 6.45) is 1.74. The highest BCUT2D eigenvalue weighted by atomic mass is 32.2. The molecular formula is C9H18N2O4S. The summed E-state index contributed by atoms with van der Waals surface area (Å²) in [6, 6.07) is 0. The number of hydrogen-bond donors (Lipinski definition) is 2. The quantitative estimate of drug-likeness (QED) is 0.442. The summed E-state index contributed by atoms with van der Waals surface area (Å²) < 4.78 is 26.3. The lowest BCUT2D eigenvalue weighted by Crippen LogP contribution is -2.38. The van der Waals surface area contributed by atoms with E-state index < -0.39 is 16.1 Å². The van der Waals surface area contributed by atoms with Gasteiger partial charge in [-0.2, -0.15) is 0 Å². The first-order valence-electron chi connectivity index (χ1n) is 4.87. The monoisotopic (exact) mass is 250 g/mol. The summed E-state index contributed by atoms with van der Waals surface area (Å²) in [5.74, 6) is -0.634. The molecule has 0 aromatic carbocycles. The number of rotatable bonds is 8. The topological polar surface area (TPSA) is 98.5 Å². The summed E-state index contributed by atoms with van der Waals surface area (Å²) in [4.78, 5) is 11.3. The fourth-order valence-corrected chi connectivity index (χ4v) is 1.25. The van der Waals surface area contributed by atoms with Crippen molar-refractivity contribution in [1.29, 1.82) is 0 Å². The molecule has 0 fully saturated rings. The van der Waals surface area contributed by atoms with Gasteiger partial charge in [0, 0.05) is 6.54 Å². The fourth-order valence-electron chi connectivity index (χ4n) is 0.864. The number of amides is 1. The zero-order chi connectivity index (χ0) is 12.6. The molecule has 0 saturated heterocycles. The molecule has 0 aromatic rings. The minimum Gasteiger partial charge on any atom is -0.368 e. The highest BCUT2D eigenvalue weighted by Crippen LogP contribution is 1.93. The van der Waals surface area contributed by atoms with E-state index in [0.717, 1.165) is 0 Å². The molecule has 0 saturated carbocycles. The van der Waals surface area contributed by atoms with Crippen LogP contribution in [0.25, 0.3) is 0 Å². The number of nitrogens with one attached hydrogen (secondary N) is 1. The van der Waals surface area contributed by atoms with Crippen LogP contribution in [0, 0.1) is 0 Å². The molecule has 1 unspecified atom stereocenters. The van der Waals surface area contributed by atoms with Crippen LogP contribution < -0.4 is 10.5 Å². The van der Waals surface area contributed by atoms with Gasteiger partial charge in [-0.15, -0.1) is 6.58 Å². The summed E-state index contributed by atoms with van der Waals surface area (Å²) in [5, 5.41) is 7.19. The van der Waals surface area contributed by atoms with Crippen molar-refractivity contribution in [3.05, 3.63) is 12.7 Å². The number of hydrogen-bond acceptors (Lipinski definition) is 4. The van der Waals surface area contributed by atoms with E-state index in [1.165, 1.54) is 0 Å². The summed E-state index contributed by atoms with van der Waals surface area (Å²) in [7, 11) is -3.54. The first-order valence-corrected chi connectivity index (χ1v) is 6.59. The first-order chi connectivity index (χ1) is 7.37. The number of sulfonamides is 1. The minimum absolute atomic E-state index is 0.00712. The molecule has 1 amide bonds. The lowest BCUT2D eigenvalue weighted by Gasteiger charge is -2.12. The molecular weight excluding hydrogens is 232 g/mol. The van der Waals surface area contributed by atoms with Crippen molar-refractivity contribution in [2.24, 2.45) is 5.14 Å². The van der Waals surface area contributed by atoms with E-state index in [0.29, 0.717) is 13.0 Å². The molecule has 0 radical (unpaired) electrons. The van der Waals surface area contributed by atoms with Crippen molar-refractivity contribution >= 4 is 15.9 Å². The van der Waals surface area contributed by atoms with Crippen LogP contribution in [0.4, 0.5) is 0 Å². The summed E-state index contributed by atoms with van der Waals surface area (Å²) >= 11 is 0. The second kappa shape index (κ2) is 7.37. The van der Waals surface area contributed by atoms with E-state index in [1.54, 1.807) is 13.0 Å². The predicted octanol–water partition coefficient (Wildman–Crippen LogP) is -0.628. The molecule has 94 valence electrons. The molecule has 3 N–H and O–H groups in total. The Balaban J connectivity index is 3.75. The van der Waals surface area contributed by atoms with Gasteiger partial charge in [0.25, 0.3) is 0 Å². The van der Waals surface area contributed by atoms with Crippen LogP contribution in [0.15, 0.2) is 12.7 Å². The van der Waals surface area contributed by atoms with Gasteiger partial charge in [-0.1, -0.05) is 6.08 Å². The highest BCUT2D eigenvalue weighted by molar-refractivity contribution is 7.89. The van der Waals surface area contributed by atoms with Crippen molar-refractivity contribution < 1.29 is 17.9 Å². The Kier molecular flexibility index (Phi) is 6.95. The van der Waals surface area contributed by atoms with Crippen LogP contribution in [0.1, 0.15) is 13.3 Å². The number of nitrogens with two attached hydrogens (primary N) is 1. The van der Waals surface area contributed by atoms with Gasteiger partial charge in [0.1, 0.15) is 6.10 Å². The Morgan fingerprint density at radius 2 is 2.25 bits per heavy atom. The van der Waals surface area contributed by atoms with Crippen molar-refractivity contribution in [3.8, 4) is 0 Å². The standard InChI is InChI=1S/C9H18N2O4S/c1-3-4-6-15-8(2)9(12)11-5-7-16(10,13)14/h3,8H,1,4-7H2,2H3,(H,11,12)(H2,10,13,14). The Morgan fingerprint density at radius 3 is 2.75 bits per heavy atom. The van der Waals surface area contributed by atoms with Crippen molar-refractivity contribution in [2.75, 3.05) is 18.9 Å². The molecule has 0 spiro atoms. The largest absolute Gasteiger partial charge is 0.368 e. The normalized spacial score (nSPS) is 13.1. The lowest BCUT2D eigenvalue weighted by atomic mass is 10.3. The minimum atomic E-state index is -3.54. The van der Waals surface area contributed by atoms with Crippen LogP contribution in [0.5, 0.6) is 0 Å². The summed E-state index contributed by atoms with van der Waals surface area (Å²) in [5.41, 5.74) is 0. The van der Waals surface area contributed by atoms with Crippen molar-refractivity contribution in [2.45, 2.75) is 19.4 Å². The average Bonchev–Trinajstić information content (AvgIpc) is 2.15. The van der Waals surface area contributed by atoms with E-state index in [9.17, 15) is 13.2 Å². The third-order valence-electron chi connectivity index (χ3n) is 1.74. The maximum Gasteiger partial charge on any atom is 0.248 e. The van der Waals surface area contributed by atoms with Gasteiger partial charge in [0.2, 0.25) is 15.9 Å².